The number of benzene rings is 1. The van der Waals surface area contributed by atoms with E-state index in [2.05, 4.69) is 4.99 Å². The Morgan fingerprint density at radius 1 is 1.36 bits per heavy atom. The van der Waals surface area contributed by atoms with Crippen molar-refractivity contribution in [2.45, 2.75) is 32.6 Å². The molecule has 3 N–H and O–H groups in total. The Kier molecular flexibility index (Phi) is 4.90. The number of fused-ring (bicyclic) bond motifs is 3. The van der Waals surface area contributed by atoms with Crippen LogP contribution >= 0.6 is 0 Å². The summed E-state index contributed by atoms with van der Waals surface area (Å²) in [6, 6.07) is 6.02. The van der Waals surface area contributed by atoms with Gasteiger partial charge in [-0.2, -0.15) is 5.26 Å². The molecule has 1 aromatic carbocycles. The highest BCUT2D eigenvalue weighted by atomic mass is 14.7. The fourth-order valence-electron chi connectivity index (χ4n) is 3.55. The van der Waals surface area contributed by atoms with Crippen molar-refractivity contribution in [1.29, 1.82) is 10.7 Å². The van der Waals surface area contributed by atoms with Gasteiger partial charge in [0.1, 0.15) is 6.54 Å². The zero-order valence-electron chi connectivity index (χ0n) is 14.3. The van der Waals surface area contributed by atoms with Crippen LogP contribution in [0.4, 0.5) is 0 Å². The fourth-order valence-corrected chi connectivity index (χ4v) is 3.55. The summed E-state index contributed by atoms with van der Waals surface area (Å²) in [5.74, 6) is 0. The third kappa shape index (κ3) is 3.03. The number of aryl methyl sites for hydroxylation is 2. The normalized spacial score (nSPS) is 14.5. The van der Waals surface area contributed by atoms with E-state index >= 15 is 0 Å². The molecule has 0 unspecified atom stereocenters. The molecule has 3 rings (SSSR count). The summed E-state index contributed by atoms with van der Waals surface area (Å²) in [5.41, 5.74) is 12.8. The van der Waals surface area contributed by atoms with Gasteiger partial charge in [-0.15, -0.1) is 0 Å². The minimum atomic E-state index is 0.101. The second-order valence-electron chi connectivity index (χ2n) is 6.21. The van der Waals surface area contributed by atoms with Crippen LogP contribution < -0.4 is 5.73 Å². The average Bonchev–Trinajstić information content (AvgIpc) is 2.65. The molecule has 0 fully saturated rings. The van der Waals surface area contributed by atoms with E-state index < -0.39 is 0 Å². The van der Waals surface area contributed by atoms with Crippen molar-refractivity contribution in [2.75, 3.05) is 6.54 Å². The molecule has 0 aliphatic heterocycles. The Labute approximate surface area is 147 Å². The third-order valence-corrected chi connectivity index (χ3v) is 4.72. The number of allylic oxidation sites excluding steroid dienone is 1. The second-order valence-corrected chi connectivity index (χ2v) is 6.21. The number of aliphatic imine (C=N–C) groups is 1. The number of hydrogen-bond acceptors (Lipinski definition) is 5. The maximum absolute atomic E-state index is 8.69. The number of rotatable bonds is 4. The largest absolute Gasteiger partial charge is 0.404 e. The van der Waals surface area contributed by atoms with Crippen LogP contribution in [-0.2, 0) is 12.8 Å². The van der Waals surface area contributed by atoms with Crippen LogP contribution in [0.2, 0.25) is 0 Å². The molecule has 0 amide bonds. The maximum Gasteiger partial charge on any atom is 0.126 e. The molecule has 1 aliphatic rings. The quantitative estimate of drug-likeness (QED) is 0.664. The summed E-state index contributed by atoms with van der Waals surface area (Å²) in [6.45, 7) is 2.13. The van der Waals surface area contributed by atoms with Crippen LogP contribution in [0.25, 0.3) is 16.5 Å². The summed E-state index contributed by atoms with van der Waals surface area (Å²) in [6.07, 6.45) is 8.77. The van der Waals surface area contributed by atoms with Crippen molar-refractivity contribution in [1.82, 2.24) is 4.98 Å². The van der Waals surface area contributed by atoms with E-state index in [0.717, 1.165) is 59.0 Å². The molecule has 0 bridgehead atoms. The van der Waals surface area contributed by atoms with Gasteiger partial charge in [-0.1, -0.05) is 6.07 Å². The van der Waals surface area contributed by atoms with E-state index in [1.807, 2.05) is 25.1 Å². The molecular formula is C20H21N5. The highest BCUT2D eigenvalue weighted by molar-refractivity contribution is 6.11. The van der Waals surface area contributed by atoms with Gasteiger partial charge in [0.15, 0.2) is 0 Å². The first-order valence-electron chi connectivity index (χ1n) is 8.45. The van der Waals surface area contributed by atoms with E-state index in [1.54, 1.807) is 6.21 Å². The summed E-state index contributed by atoms with van der Waals surface area (Å²) >= 11 is 0. The van der Waals surface area contributed by atoms with E-state index in [-0.39, 0.29) is 6.54 Å². The first kappa shape index (κ1) is 16.8. The summed E-state index contributed by atoms with van der Waals surface area (Å²) in [7, 11) is 0. The highest BCUT2D eigenvalue weighted by Gasteiger charge is 2.21. The van der Waals surface area contributed by atoms with Gasteiger partial charge in [-0.05, 0) is 55.4 Å². The predicted molar refractivity (Wildman–Crippen MR) is 102 cm³/mol. The van der Waals surface area contributed by atoms with Crippen molar-refractivity contribution in [3.63, 3.8) is 0 Å². The Balaban J connectivity index is 2.30. The molecule has 0 atom stereocenters. The molecule has 5 nitrogen and oxygen atoms in total. The monoisotopic (exact) mass is 331 g/mol. The number of hydrogen-bond donors (Lipinski definition) is 2. The molecule has 1 aromatic heterocycles. The minimum absolute atomic E-state index is 0.101. The Morgan fingerprint density at radius 3 is 2.80 bits per heavy atom. The van der Waals surface area contributed by atoms with Crippen molar-refractivity contribution < 1.29 is 0 Å². The smallest absolute Gasteiger partial charge is 0.126 e. The molecular weight excluding hydrogens is 310 g/mol. The lowest BCUT2D eigenvalue weighted by molar-refractivity contribution is 0.686. The fraction of sp³-hybridized carbons (Fsp3) is 0.300. The van der Waals surface area contributed by atoms with Gasteiger partial charge >= 0.3 is 0 Å². The molecule has 1 aliphatic carbocycles. The molecule has 0 saturated heterocycles. The molecule has 0 saturated carbocycles. The first-order chi connectivity index (χ1) is 12.2. The molecule has 126 valence electrons. The number of nitrogens with one attached hydrogen (secondary N) is 1. The summed E-state index contributed by atoms with van der Waals surface area (Å²) in [5, 5.41) is 17.6. The average molecular weight is 331 g/mol. The number of nitrogens with two attached hydrogens (primary N) is 1. The van der Waals surface area contributed by atoms with Crippen LogP contribution in [0.1, 0.15) is 40.8 Å². The van der Waals surface area contributed by atoms with Crippen LogP contribution in [-0.4, -0.2) is 24.0 Å². The lowest BCUT2D eigenvalue weighted by Crippen LogP contribution is -2.12. The lowest BCUT2D eigenvalue weighted by Gasteiger charge is -2.23. The zero-order valence-corrected chi connectivity index (χ0v) is 14.3. The van der Waals surface area contributed by atoms with Gasteiger partial charge in [0.05, 0.1) is 17.3 Å². The highest BCUT2D eigenvalue weighted by Crippen LogP contribution is 2.34. The molecule has 2 aromatic rings. The number of nitrogens with zero attached hydrogens (tertiary/aromatic N) is 3. The summed E-state index contributed by atoms with van der Waals surface area (Å²) in [4.78, 5) is 8.97. The standard InChI is InChI=1S/C20H21N5/c1-13-6-7-18-19(17(13)11-23)15-4-2-3-5-16(15)20(25-18)14(10-22)12-24-9-8-21/h6-7,10-12,23H,2-5,9,22H2,1H3/b14-10+,23-11?,24-12?. The van der Waals surface area contributed by atoms with E-state index in [9.17, 15) is 0 Å². The van der Waals surface area contributed by atoms with Gasteiger partial charge in [0.25, 0.3) is 0 Å². The lowest BCUT2D eigenvalue weighted by atomic mass is 9.84. The van der Waals surface area contributed by atoms with Gasteiger partial charge in [0.2, 0.25) is 0 Å². The molecule has 0 radical (unpaired) electrons. The zero-order chi connectivity index (χ0) is 17.8. The van der Waals surface area contributed by atoms with Crippen molar-refractivity contribution in [3.8, 4) is 6.07 Å². The Morgan fingerprint density at radius 2 is 2.12 bits per heavy atom. The van der Waals surface area contributed by atoms with Crippen molar-refractivity contribution >= 4 is 28.9 Å². The second kappa shape index (κ2) is 7.27. The van der Waals surface area contributed by atoms with Crippen LogP contribution in [0.5, 0.6) is 0 Å². The van der Waals surface area contributed by atoms with E-state index in [1.165, 1.54) is 23.5 Å². The van der Waals surface area contributed by atoms with Gasteiger partial charge < -0.3 is 11.1 Å². The van der Waals surface area contributed by atoms with Crippen molar-refractivity contribution in [3.05, 3.63) is 46.3 Å². The predicted octanol–water partition coefficient (Wildman–Crippen LogP) is 3.31. The van der Waals surface area contributed by atoms with Gasteiger partial charge in [0, 0.05) is 35.2 Å². The van der Waals surface area contributed by atoms with Crippen molar-refractivity contribution in [2.24, 2.45) is 10.7 Å². The van der Waals surface area contributed by atoms with Crippen LogP contribution in [0.3, 0.4) is 0 Å². The van der Waals surface area contributed by atoms with Crippen LogP contribution in [0.15, 0.2) is 23.3 Å². The minimum Gasteiger partial charge on any atom is -0.404 e. The topological polar surface area (TPSA) is 98.9 Å². The molecule has 25 heavy (non-hydrogen) atoms. The molecule has 1 heterocycles. The summed E-state index contributed by atoms with van der Waals surface area (Å²) < 4.78 is 0. The molecule has 0 spiro atoms. The number of aromatic nitrogens is 1. The number of pyridine rings is 1. The van der Waals surface area contributed by atoms with E-state index in [4.69, 9.17) is 21.4 Å². The first-order valence-corrected chi connectivity index (χ1v) is 8.45. The SMILES string of the molecule is Cc1ccc2nc(/C(C=NCC#N)=C/N)c3c(c2c1C=N)CCCC3. The van der Waals surface area contributed by atoms with Crippen LogP contribution in [0, 0.1) is 23.7 Å². The Hall–Kier alpha value is -3.00. The molecule has 5 heteroatoms. The third-order valence-electron chi connectivity index (χ3n) is 4.72. The maximum atomic E-state index is 8.69. The van der Waals surface area contributed by atoms with E-state index in [0.29, 0.717) is 0 Å². The van der Waals surface area contributed by atoms with Gasteiger partial charge in [-0.3, -0.25) is 4.99 Å². The number of nitriles is 1. The Bertz CT molecular complexity index is 931. The van der Waals surface area contributed by atoms with Gasteiger partial charge in [-0.25, -0.2) is 4.98 Å².